The van der Waals surface area contributed by atoms with E-state index < -0.39 is 5.95 Å². The van der Waals surface area contributed by atoms with Gasteiger partial charge in [0.2, 0.25) is 5.95 Å². The van der Waals surface area contributed by atoms with Crippen molar-refractivity contribution in [2.24, 2.45) is 15.3 Å². The first-order valence-electron chi connectivity index (χ1n) is 3.74. The van der Waals surface area contributed by atoms with Crippen molar-refractivity contribution < 1.29 is 0 Å². The van der Waals surface area contributed by atoms with Crippen molar-refractivity contribution in [3.8, 4) is 6.07 Å². The molecule has 0 atom stereocenters. The largest absolute Gasteiger partial charge is 0.224 e. The van der Waals surface area contributed by atoms with E-state index in [2.05, 4.69) is 40.0 Å². The Bertz CT molecular complexity index is 592. The lowest BCUT2D eigenvalue weighted by Gasteiger charge is -1.99. The SMILES string of the molecule is N#Cc1c(N=[N+]=[N-])nc(N=[N+]=[N-])nc1N=[N+]=[N-]. The number of aromatic nitrogens is 2. The maximum atomic E-state index is 8.77. The van der Waals surface area contributed by atoms with Crippen LogP contribution in [-0.4, -0.2) is 9.97 Å². The van der Waals surface area contributed by atoms with Crippen molar-refractivity contribution in [2.45, 2.75) is 0 Å². The Morgan fingerprint density at radius 3 is 1.76 bits per heavy atom. The van der Waals surface area contributed by atoms with Crippen molar-refractivity contribution in [1.82, 2.24) is 9.97 Å². The Morgan fingerprint density at radius 1 is 0.941 bits per heavy atom. The summed E-state index contributed by atoms with van der Waals surface area (Å²) < 4.78 is 0. The highest BCUT2D eigenvalue weighted by atomic mass is 15.3. The molecule has 0 saturated carbocycles. The van der Waals surface area contributed by atoms with Crippen LogP contribution in [-0.2, 0) is 0 Å². The number of azide groups is 3. The van der Waals surface area contributed by atoms with Crippen molar-refractivity contribution in [3.05, 3.63) is 36.9 Å². The first-order chi connectivity index (χ1) is 8.26. The number of nitriles is 1. The molecule has 0 amide bonds. The fourth-order valence-corrected chi connectivity index (χ4v) is 0.840. The van der Waals surface area contributed by atoms with Gasteiger partial charge in [-0.1, -0.05) is 0 Å². The average Bonchev–Trinajstić information content (AvgIpc) is 2.30. The lowest BCUT2D eigenvalue weighted by Crippen LogP contribution is -1.87. The van der Waals surface area contributed by atoms with Gasteiger partial charge in [-0.15, -0.1) is 0 Å². The van der Waals surface area contributed by atoms with E-state index in [9.17, 15) is 0 Å². The third-order valence-electron chi connectivity index (χ3n) is 1.38. The minimum atomic E-state index is -0.420. The summed E-state index contributed by atoms with van der Waals surface area (Å²) in [6, 6.07) is 1.61. The van der Waals surface area contributed by atoms with Crippen LogP contribution >= 0.6 is 0 Å². The highest BCUT2D eigenvalue weighted by Crippen LogP contribution is 2.27. The summed E-state index contributed by atoms with van der Waals surface area (Å²) in [4.78, 5) is 14.3. The second kappa shape index (κ2) is 5.40. The zero-order valence-electron chi connectivity index (χ0n) is 7.87. The van der Waals surface area contributed by atoms with E-state index in [-0.39, 0.29) is 17.2 Å². The normalized spacial score (nSPS) is 7.94. The molecule has 0 spiro atoms. The number of nitrogens with zero attached hydrogens (tertiary/aromatic N) is 12. The molecule has 0 aliphatic heterocycles. The lowest BCUT2D eigenvalue weighted by molar-refractivity contribution is 1.09. The molecule has 0 fully saturated rings. The Kier molecular flexibility index (Phi) is 3.68. The van der Waals surface area contributed by atoms with Crippen molar-refractivity contribution in [2.75, 3.05) is 0 Å². The van der Waals surface area contributed by atoms with Crippen molar-refractivity contribution in [3.63, 3.8) is 0 Å². The molecule has 1 aromatic rings. The summed E-state index contributed by atoms with van der Waals surface area (Å²) in [5.74, 6) is -1.18. The highest BCUT2D eigenvalue weighted by molar-refractivity contribution is 5.61. The molecule has 1 aromatic heterocycles. The van der Waals surface area contributed by atoms with Crippen molar-refractivity contribution >= 4 is 17.6 Å². The van der Waals surface area contributed by atoms with E-state index >= 15 is 0 Å². The first kappa shape index (κ1) is 11.6. The van der Waals surface area contributed by atoms with Crippen LogP contribution in [0.5, 0.6) is 0 Å². The highest BCUT2D eigenvalue weighted by Gasteiger charge is 2.11. The third-order valence-corrected chi connectivity index (χ3v) is 1.38. The van der Waals surface area contributed by atoms with Gasteiger partial charge in [0, 0.05) is 14.7 Å². The molecule has 17 heavy (non-hydrogen) atoms. The molecule has 0 unspecified atom stereocenters. The molecule has 1 heterocycles. The summed E-state index contributed by atoms with van der Waals surface area (Å²) in [7, 11) is 0. The molecule has 0 aromatic carbocycles. The molecule has 12 nitrogen and oxygen atoms in total. The Labute approximate surface area is 92.0 Å². The van der Waals surface area contributed by atoms with E-state index in [1.54, 1.807) is 6.07 Å². The molecule has 0 aliphatic rings. The topological polar surface area (TPSA) is 196 Å². The van der Waals surface area contributed by atoms with E-state index in [1.807, 2.05) is 0 Å². The second-order valence-electron chi connectivity index (χ2n) is 2.23. The van der Waals surface area contributed by atoms with Gasteiger partial charge >= 0.3 is 0 Å². The molecule has 0 bridgehead atoms. The third kappa shape index (κ3) is 2.50. The number of hydrogen-bond acceptors (Lipinski definition) is 6. The van der Waals surface area contributed by atoms with Gasteiger partial charge in [-0.05, 0) is 31.9 Å². The van der Waals surface area contributed by atoms with Gasteiger partial charge in [0.05, 0.1) is 0 Å². The quantitative estimate of drug-likeness (QED) is 0.435. The molecule has 0 radical (unpaired) electrons. The van der Waals surface area contributed by atoms with E-state index in [0.717, 1.165) is 0 Å². The van der Waals surface area contributed by atoms with Crippen LogP contribution in [0.4, 0.5) is 17.6 Å². The summed E-state index contributed by atoms with van der Waals surface area (Å²) in [6.07, 6.45) is 0. The Hall–Kier alpha value is -3.50. The zero-order valence-corrected chi connectivity index (χ0v) is 7.87. The predicted molar refractivity (Wildman–Crippen MR) is 53.2 cm³/mol. The van der Waals surface area contributed by atoms with Gasteiger partial charge in [-0.3, -0.25) is 0 Å². The molecule has 12 heteroatoms. The summed E-state index contributed by atoms with van der Waals surface area (Å²) >= 11 is 0. The van der Waals surface area contributed by atoms with Gasteiger partial charge in [0.25, 0.3) is 0 Å². The van der Waals surface area contributed by atoms with E-state index in [4.69, 9.17) is 21.9 Å². The fraction of sp³-hybridized carbons (Fsp3) is 0. The fourth-order valence-electron chi connectivity index (χ4n) is 0.840. The zero-order chi connectivity index (χ0) is 12.7. The first-order valence-corrected chi connectivity index (χ1v) is 3.74. The smallest absolute Gasteiger partial charge is 0.217 e. The van der Waals surface area contributed by atoms with Crippen LogP contribution in [0.3, 0.4) is 0 Å². The number of rotatable bonds is 3. The summed E-state index contributed by atoms with van der Waals surface area (Å²) in [5, 5.41) is 18.0. The maximum Gasteiger partial charge on any atom is 0.217 e. The maximum absolute atomic E-state index is 8.77. The van der Waals surface area contributed by atoms with Gasteiger partial charge in [0.15, 0.2) is 0 Å². The van der Waals surface area contributed by atoms with Crippen molar-refractivity contribution in [1.29, 1.82) is 5.26 Å². The minimum absolute atomic E-state index is 0.308. The minimum Gasteiger partial charge on any atom is -0.224 e. The Balaban J connectivity index is 3.68. The standard InChI is InChI=1S/C5N12/c6-1-2-3(12-15-7)10-5(14-17-9)11-4(2)13-16-8. The van der Waals surface area contributed by atoms with Crippen LogP contribution < -0.4 is 0 Å². The molecule has 0 saturated heterocycles. The van der Waals surface area contributed by atoms with Crippen LogP contribution in [0.1, 0.15) is 5.56 Å². The molecule has 0 N–H and O–H groups in total. The second-order valence-corrected chi connectivity index (χ2v) is 2.23. The summed E-state index contributed by atoms with van der Waals surface area (Å²) in [6.45, 7) is 0. The van der Waals surface area contributed by atoms with Gasteiger partial charge < -0.3 is 0 Å². The molecular formula is C5N12. The lowest BCUT2D eigenvalue weighted by atomic mass is 10.3. The van der Waals surface area contributed by atoms with Crippen LogP contribution in [0.2, 0.25) is 0 Å². The molecule has 0 aliphatic carbocycles. The molecule has 80 valence electrons. The van der Waals surface area contributed by atoms with Gasteiger partial charge in [0.1, 0.15) is 23.3 Å². The van der Waals surface area contributed by atoms with E-state index in [0.29, 0.717) is 0 Å². The summed E-state index contributed by atoms with van der Waals surface area (Å²) in [5.41, 5.74) is 24.4. The molecular weight excluding hydrogens is 228 g/mol. The van der Waals surface area contributed by atoms with Crippen LogP contribution in [0.15, 0.2) is 15.3 Å². The van der Waals surface area contributed by atoms with Gasteiger partial charge in [-0.25, -0.2) is 9.97 Å². The van der Waals surface area contributed by atoms with Crippen LogP contribution in [0, 0.1) is 11.3 Å². The van der Waals surface area contributed by atoms with E-state index in [1.165, 1.54) is 0 Å². The van der Waals surface area contributed by atoms with Crippen LogP contribution in [0.25, 0.3) is 31.3 Å². The average molecular weight is 228 g/mol. The predicted octanol–water partition coefficient (Wildman–Crippen LogP) is 3.17. The monoisotopic (exact) mass is 228 g/mol. The van der Waals surface area contributed by atoms with Gasteiger partial charge in [-0.2, -0.15) is 5.26 Å². The molecule has 1 rings (SSSR count). The number of hydrogen-bond donors (Lipinski definition) is 0. The Morgan fingerprint density at radius 2 is 1.41 bits per heavy atom.